The van der Waals surface area contributed by atoms with E-state index in [1.54, 1.807) is 6.07 Å². The Labute approximate surface area is 129 Å². The van der Waals surface area contributed by atoms with Crippen molar-refractivity contribution in [2.45, 2.75) is 47.1 Å². The van der Waals surface area contributed by atoms with E-state index in [9.17, 15) is 4.39 Å². The van der Waals surface area contributed by atoms with Gasteiger partial charge in [-0.15, -0.1) is 0 Å². The van der Waals surface area contributed by atoms with Crippen LogP contribution < -0.4 is 0 Å². The molecule has 1 heterocycles. The number of rotatable bonds is 1. The Bertz CT molecular complexity index is 583. The smallest absolute Gasteiger partial charge is 0.123 e. The average molecular weight is 341 g/mol. The van der Waals surface area contributed by atoms with Crippen LogP contribution in [0.2, 0.25) is 0 Å². The van der Waals surface area contributed by atoms with Crippen LogP contribution in [0.25, 0.3) is 11.3 Å². The third-order valence-electron chi connectivity index (χ3n) is 2.77. The number of benzene rings is 1. The molecule has 4 heteroatoms. The molecule has 0 amide bonds. The number of hydrogen-bond acceptors (Lipinski definition) is 1. The summed E-state index contributed by atoms with van der Waals surface area (Å²) in [7, 11) is 0. The molecule has 2 aromatic rings. The molecule has 0 saturated carbocycles. The molecule has 0 spiro atoms. The van der Waals surface area contributed by atoms with E-state index in [2.05, 4.69) is 41.8 Å². The molecule has 0 saturated heterocycles. The SMILES string of the molecule is CC.Cc1cnn(C(C)(C)C)c1-c1cc(F)ccc1Br. The van der Waals surface area contributed by atoms with Crippen LogP contribution in [0, 0.1) is 12.7 Å². The summed E-state index contributed by atoms with van der Waals surface area (Å²) < 4.78 is 16.3. The van der Waals surface area contributed by atoms with Gasteiger partial charge in [-0.05, 0) is 51.5 Å². The van der Waals surface area contributed by atoms with E-state index in [-0.39, 0.29) is 11.4 Å². The van der Waals surface area contributed by atoms with E-state index in [4.69, 9.17) is 0 Å². The Morgan fingerprint density at radius 1 is 1.20 bits per heavy atom. The highest BCUT2D eigenvalue weighted by atomic mass is 79.9. The van der Waals surface area contributed by atoms with E-state index in [1.165, 1.54) is 12.1 Å². The lowest BCUT2D eigenvalue weighted by Gasteiger charge is -2.23. The van der Waals surface area contributed by atoms with Crippen molar-refractivity contribution in [2.75, 3.05) is 0 Å². The van der Waals surface area contributed by atoms with Crippen molar-refractivity contribution in [1.82, 2.24) is 9.78 Å². The van der Waals surface area contributed by atoms with Crippen LogP contribution >= 0.6 is 15.9 Å². The lowest BCUT2D eigenvalue weighted by atomic mass is 10.0. The van der Waals surface area contributed by atoms with E-state index in [0.29, 0.717) is 0 Å². The molecule has 0 N–H and O–H groups in total. The molecule has 0 unspecified atom stereocenters. The molecule has 20 heavy (non-hydrogen) atoms. The summed E-state index contributed by atoms with van der Waals surface area (Å²) in [5, 5.41) is 4.41. The van der Waals surface area contributed by atoms with E-state index in [0.717, 1.165) is 21.3 Å². The van der Waals surface area contributed by atoms with Crippen LogP contribution in [0.15, 0.2) is 28.9 Å². The second-order valence-electron chi connectivity index (χ2n) is 5.38. The molecular formula is C16H22BrFN2. The normalized spacial score (nSPS) is 11.0. The van der Waals surface area contributed by atoms with Gasteiger partial charge in [0.25, 0.3) is 0 Å². The summed E-state index contributed by atoms with van der Waals surface area (Å²) in [6.45, 7) is 12.2. The topological polar surface area (TPSA) is 17.8 Å². The van der Waals surface area contributed by atoms with Gasteiger partial charge < -0.3 is 0 Å². The van der Waals surface area contributed by atoms with E-state index >= 15 is 0 Å². The summed E-state index contributed by atoms with van der Waals surface area (Å²) in [6.07, 6.45) is 1.82. The average Bonchev–Trinajstić information content (AvgIpc) is 2.76. The van der Waals surface area contributed by atoms with Crippen molar-refractivity contribution < 1.29 is 4.39 Å². The Morgan fingerprint density at radius 3 is 2.35 bits per heavy atom. The first-order valence-corrected chi connectivity index (χ1v) is 7.60. The van der Waals surface area contributed by atoms with Crippen LogP contribution in [-0.4, -0.2) is 9.78 Å². The van der Waals surface area contributed by atoms with E-state index in [1.807, 2.05) is 31.6 Å². The Kier molecular flexibility index (Phi) is 5.51. The van der Waals surface area contributed by atoms with Gasteiger partial charge in [0, 0.05) is 10.0 Å². The zero-order valence-corrected chi connectivity index (χ0v) is 14.5. The first-order chi connectivity index (χ1) is 9.30. The second kappa shape index (κ2) is 6.53. The minimum Gasteiger partial charge on any atom is -0.259 e. The minimum atomic E-state index is -0.241. The Balaban J connectivity index is 0.000000956. The summed E-state index contributed by atoms with van der Waals surface area (Å²) in [5.41, 5.74) is 2.68. The quantitative estimate of drug-likeness (QED) is 0.666. The zero-order chi connectivity index (χ0) is 15.5. The number of nitrogens with zero attached hydrogens (tertiary/aromatic N) is 2. The fourth-order valence-corrected chi connectivity index (χ4v) is 2.38. The maximum absolute atomic E-state index is 13.4. The number of aryl methyl sites for hydroxylation is 1. The van der Waals surface area contributed by atoms with Gasteiger partial charge in [0.05, 0.1) is 17.4 Å². The molecule has 1 aromatic carbocycles. The molecule has 1 aromatic heterocycles. The maximum Gasteiger partial charge on any atom is 0.123 e. The maximum atomic E-state index is 13.4. The van der Waals surface area contributed by atoms with Gasteiger partial charge in [-0.25, -0.2) is 4.39 Å². The molecule has 2 rings (SSSR count). The molecular weight excluding hydrogens is 319 g/mol. The van der Waals surface area contributed by atoms with E-state index < -0.39 is 0 Å². The van der Waals surface area contributed by atoms with Crippen molar-refractivity contribution in [3.63, 3.8) is 0 Å². The standard InChI is InChI=1S/C14H16BrFN2.C2H6/c1-9-8-17-18(14(2,3)4)13(9)11-7-10(16)5-6-12(11)15;1-2/h5-8H,1-4H3;1-2H3. The largest absolute Gasteiger partial charge is 0.259 e. The van der Waals surface area contributed by atoms with Gasteiger partial charge in [-0.3, -0.25) is 4.68 Å². The van der Waals surface area contributed by atoms with Crippen molar-refractivity contribution in [1.29, 1.82) is 0 Å². The van der Waals surface area contributed by atoms with Crippen LogP contribution in [0.4, 0.5) is 4.39 Å². The zero-order valence-electron chi connectivity index (χ0n) is 13.0. The van der Waals surface area contributed by atoms with Crippen molar-refractivity contribution in [2.24, 2.45) is 0 Å². The molecule has 0 bridgehead atoms. The fraction of sp³-hybridized carbons (Fsp3) is 0.438. The van der Waals surface area contributed by atoms with Gasteiger partial charge in [0.1, 0.15) is 5.82 Å². The summed E-state index contributed by atoms with van der Waals surface area (Å²) in [6, 6.07) is 4.71. The molecule has 0 aliphatic carbocycles. The van der Waals surface area contributed by atoms with Gasteiger partial charge in [0.15, 0.2) is 0 Å². The van der Waals surface area contributed by atoms with Crippen LogP contribution in [0.1, 0.15) is 40.2 Å². The van der Waals surface area contributed by atoms with Gasteiger partial charge >= 0.3 is 0 Å². The minimum absolute atomic E-state index is 0.144. The summed E-state index contributed by atoms with van der Waals surface area (Å²) in [4.78, 5) is 0. The third-order valence-corrected chi connectivity index (χ3v) is 3.46. The number of halogens is 2. The highest BCUT2D eigenvalue weighted by Gasteiger charge is 2.22. The molecule has 2 nitrogen and oxygen atoms in total. The molecule has 0 fully saturated rings. The predicted octanol–water partition coefficient (Wildman–Crippen LogP) is 5.54. The molecule has 0 radical (unpaired) electrons. The first-order valence-electron chi connectivity index (χ1n) is 6.81. The lowest BCUT2D eigenvalue weighted by Crippen LogP contribution is -2.24. The number of hydrogen-bond donors (Lipinski definition) is 0. The Morgan fingerprint density at radius 2 is 1.80 bits per heavy atom. The monoisotopic (exact) mass is 340 g/mol. The Hall–Kier alpha value is -1.16. The fourth-order valence-electron chi connectivity index (χ4n) is 1.94. The molecule has 0 aliphatic rings. The van der Waals surface area contributed by atoms with Gasteiger partial charge in [-0.2, -0.15) is 5.10 Å². The highest BCUT2D eigenvalue weighted by molar-refractivity contribution is 9.10. The van der Waals surface area contributed by atoms with Crippen molar-refractivity contribution >= 4 is 15.9 Å². The summed E-state index contributed by atoms with van der Waals surface area (Å²) in [5.74, 6) is -0.241. The third kappa shape index (κ3) is 3.48. The predicted molar refractivity (Wildman–Crippen MR) is 86.4 cm³/mol. The van der Waals surface area contributed by atoms with Crippen LogP contribution in [0.3, 0.4) is 0 Å². The number of aromatic nitrogens is 2. The highest BCUT2D eigenvalue weighted by Crippen LogP contribution is 2.33. The molecule has 0 atom stereocenters. The first kappa shape index (κ1) is 16.9. The van der Waals surface area contributed by atoms with Gasteiger partial charge in [-0.1, -0.05) is 29.8 Å². The second-order valence-corrected chi connectivity index (χ2v) is 6.24. The van der Waals surface area contributed by atoms with Crippen LogP contribution in [0.5, 0.6) is 0 Å². The molecule has 0 aliphatic heterocycles. The van der Waals surface area contributed by atoms with Crippen molar-refractivity contribution in [3.8, 4) is 11.3 Å². The summed E-state index contributed by atoms with van der Waals surface area (Å²) >= 11 is 3.48. The van der Waals surface area contributed by atoms with Gasteiger partial charge in [0.2, 0.25) is 0 Å². The van der Waals surface area contributed by atoms with Crippen molar-refractivity contribution in [3.05, 3.63) is 40.2 Å². The lowest BCUT2D eigenvalue weighted by molar-refractivity contribution is 0.360. The van der Waals surface area contributed by atoms with Crippen LogP contribution in [-0.2, 0) is 5.54 Å². The molecule has 110 valence electrons.